The minimum absolute atomic E-state index is 0.119. The molecule has 4 heteroatoms. The maximum atomic E-state index is 12.0. The van der Waals surface area contributed by atoms with E-state index in [1.165, 1.54) is 0 Å². The third-order valence-corrected chi connectivity index (χ3v) is 2.74. The predicted octanol–water partition coefficient (Wildman–Crippen LogP) is 2.15. The van der Waals surface area contributed by atoms with E-state index in [4.69, 9.17) is 5.73 Å². The topological polar surface area (TPSA) is 68.0 Å². The average molecular weight is 241 g/mol. The minimum atomic E-state index is -0.175. The monoisotopic (exact) mass is 241 g/mol. The molecule has 1 aromatic carbocycles. The second-order valence-corrected chi connectivity index (χ2v) is 4.07. The number of pyridine rings is 1. The van der Waals surface area contributed by atoms with Crippen LogP contribution in [0.3, 0.4) is 0 Å². The van der Waals surface area contributed by atoms with Crippen molar-refractivity contribution in [1.29, 1.82) is 0 Å². The highest BCUT2D eigenvalue weighted by molar-refractivity contribution is 5.94. The third-order valence-electron chi connectivity index (χ3n) is 2.74. The highest BCUT2D eigenvalue weighted by atomic mass is 16.1. The van der Waals surface area contributed by atoms with Gasteiger partial charge in [0.25, 0.3) is 5.91 Å². The van der Waals surface area contributed by atoms with E-state index in [0.717, 1.165) is 5.56 Å². The van der Waals surface area contributed by atoms with Crippen LogP contribution in [0.4, 0.5) is 5.69 Å². The molecule has 4 nitrogen and oxygen atoms in total. The van der Waals surface area contributed by atoms with Crippen LogP contribution in [0.15, 0.2) is 48.8 Å². The Hall–Kier alpha value is -2.36. The smallest absolute Gasteiger partial charge is 0.251 e. The molecule has 1 amide bonds. The molecule has 1 aromatic heterocycles. The van der Waals surface area contributed by atoms with Gasteiger partial charge in [-0.25, -0.2) is 0 Å². The van der Waals surface area contributed by atoms with Crippen LogP contribution < -0.4 is 11.1 Å². The van der Waals surface area contributed by atoms with Crippen molar-refractivity contribution in [3.05, 3.63) is 59.9 Å². The van der Waals surface area contributed by atoms with Gasteiger partial charge in [-0.2, -0.15) is 0 Å². The lowest BCUT2D eigenvalue weighted by Crippen LogP contribution is -2.27. The number of nitrogens with two attached hydrogens (primary N) is 1. The number of hydrogen-bond donors (Lipinski definition) is 2. The van der Waals surface area contributed by atoms with Crippen LogP contribution in [0.1, 0.15) is 28.9 Å². The highest BCUT2D eigenvalue weighted by Gasteiger charge is 2.13. The fourth-order valence-corrected chi connectivity index (χ4v) is 1.73. The number of rotatable bonds is 3. The lowest BCUT2D eigenvalue weighted by atomic mass is 10.1. The van der Waals surface area contributed by atoms with Crippen molar-refractivity contribution >= 4 is 11.6 Å². The molecular formula is C14H15N3O. The molecule has 1 atom stereocenters. The van der Waals surface area contributed by atoms with Gasteiger partial charge in [-0.3, -0.25) is 9.78 Å². The summed E-state index contributed by atoms with van der Waals surface area (Å²) in [5, 5.41) is 2.89. The van der Waals surface area contributed by atoms with Crippen LogP contribution in [0.5, 0.6) is 0 Å². The van der Waals surface area contributed by atoms with Crippen LogP contribution in [0.25, 0.3) is 0 Å². The van der Waals surface area contributed by atoms with Gasteiger partial charge < -0.3 is 11.1 Å². The molecule has 2 aromatic rings. The third kappa shape index (κ3) is 2.66. The summed E-state index contributed by atoms with van der Waals surface area (Å²) in [5.74, 6) is -0.119. The molecule has 0 saturated heterocycles. The van der Waals surface area contributed by atoms with Gasteiger partial charge in [0.2, 0.25) is 0 Å². The quantitative estimate of drug-likeness (QED) is 0.865. The molecule has 1 unspecified atom stereocenters. The van der Waals surface area contributed by atoms with Gasteiger partial charge in [0.1, 0.15) is 0 Å². The Bertz CT molecular complexity index is 540. The molecule has 0 saturated carbocycles. The van der Waals surface area contributed by atoms with Crippen molar-refractivity contribution in [3.8, 4) is 0 Å². The normalized spacial score (nSPS) is 11.8. The molecule has 0 radical (unpaired) electrons. The number of nitrogens with zero attached hydrogens (tertiary/aromatic N) is 1. The molecule has 18 heavy (non-hydrogen) atoms. The molecule has 0 spiro atoms. The molecule has 0 bridgehead atoms. The SMILES string of the molecule is CC(NC(=O)c1ccccc1)c1cnccc1N. The number of benzene rings is 1. The summed E-state index contributed by atoms with van der Waals surface area (Å²) in [5.41, 5.74) is 7.93. The summed E-state index contributed by atoms with van der Waals surface area (Å²) in [7, 11) is 0. The van der Waals surface area contributed by atoms with E-state index in [2.05, 4.69) is 10.3 Å². The van der Waals surface area contributed by atoms with Gasteiger partial charge in [-0.15, -0.1) is 0 Å². The van der Waals surface area contributed by atoms with Crippen LogP contribution in [0, 0.1) is 0 Å². The molecule has 0 fully saturated rings. The first-order chi connectivity index (χ1) is 8.68. The summed E-state index contributed by atoms with van der Waals surface area (Å²) in [4.78, 5) is 16.0. The molecule has 3 N–H and O–H groups in total. The van der Waals surface area contributed by atoms with Crippen molar-refractivity contribution in [3.63, 3.8) is 0 Å². The Kier molecular flexibility index (Phi) is 3.57. The van der Waals surface area contributed by atoms with E-state index in [1.54, 1.807) is 30.6 Å². The van der Waals surface area contributed by atoms with Gasteiger partial charge in [-0.05, 0) is 25.1 Å². The zero-order valence-electron chi connectivity index (χ0n) is 10.1. The van der Waals surface area contributed by atoms with E-state index in [1.807, 2.05) is 25.1 Å². The average Bonchev–Trinajstić information content (AvgIpc) is 2.40. The summed E-state index contributed by atoms with van der Waals surface area (Å²) in [6, 6.07) is 10.6. The van der Waals surface area contributed by atoms with Gasteiger partial charge in [-0.1, -0.05) is 18.2 Å². The highest BCUT2D eigenvalue weighted by Crippen LogP contribution is 2.18. The van der Waals surface area contributed by atoms with E-state index in [0.29, 0.717) is 11.3 Å². The fourth-order valence-electron chi connectivity index (χ4n) is 1.73. The number of hydrogen-bond acceptors (Lipinski definition) is 3. The van der Waals surface area contributed by atoms with Crippen LogP contribution in [-0.4, -0.2) is 10.9 Å². The van der Waals surface area contributed by atoms with Gasteiger partial charge in [0.05, 0.1) is 6.04 Å². The van der Waals surface area contributed by atoms with Crippen molar-refractivity contribution in [1.82, 2.24) is 10.3 Å². The number of carbonyl (C=O) groups excluding carboxylic acids is 1. The second-order valence-electron chi connectivity index (χ2n) is 4.07. The Morgan fingerprint density at radius 2 is 2.00 bits per heavy atom. The number of anilines is 1. The van der Waals surface area contributed by atoms with Crippen LogP contribution >= 0.6 is 0 Å². The van der Waals surface area contributed by atoms with Crippen molar-refractivity contribution < 1.29 is 4.79 Å². The second kappa shape index (κ2) is 5.31. The van der Waals surface area contributed by atoms with Gasteiger partial charge in [0, 0.05) is 29.2 Å². The number of nitrogens with one attached hydrogen (secondary N) is 1. The Balaban J connectivity index is 2.11. The lowest BCUT2D eigenvalue weighted by Gasteiger charge is -2.15. The molecule has 2 rings (SSSR count). The number of amides is 1. The zero-order valence-corrected chi connectivity index (χ0v) is 10.1. The first-order valence-corrected chi connectivity index (χ1v) is 5.74. The molecule has 92 valence electrons. The van der Waals surface area contributed by atoms with Crippen molar-refractivity contribution in [2.24, 2.45) is 0 Å². The standard InChI is InChI=1S/C14H15N3O/c1-10(12-9-16-8-7-13(12)15)17-14(18)11-5-3-2-4-6-11/h2-10H,1H3,(H2,15,16)(H,17,18). The zero-order chi connectivity index (χ0) is 13.0. The van der Waals surface area contributed by atoms with Gasteiger partial charge in [0.15, 0.2) is 0 Å². The van der Waals surface area contributed by atoms with E-state index >= 15 is 0 Å². The van der Waals surface area contributed by atoms with Crippen LogP contribution in [-0.2, 0) is 0 Å². The first-order valence-electron chi connectivity index (χ1n) is 5.74. The molecular weight excluding hydrogens is 226 g/mol. The summed E-state index contributed by atoms with van der Waals surface area (Å²) < 4.78 is 0. The molecule has 1 heterocycles. The van der Waals surface area contributed by atoms with E-state index < -0.39 is 0 Å². The maximum Gasteiger partial charge on any atom is 0.251 e. The van der Waals surface area contributed by atoms with Crippen molar-refractivity contribution in [2.75, 3.05) is 5.73 Å². The Morgan fingerprint density at radius 1 is 1.28 bits per heavy atom. The Labute approximate surface area is 106 Å². The summed E-state index contributed by atoms with van der Waals surface area (Å²) in [6.07, 6.45) is 3.30. The van der Waals surface area contributed by atoms with E-state index in [9.17, 15) is 4.79 Å². The van der Waals surface area contributed by atoms with E-state index in [-0.39, 0.29) is 11.9 Å². The maximum absolute atomic E-state index is 12.0. The predicted molar refractivity (Wildman–Crippen MR) is 71.0 cm³/mol. The summed E-state index contributed by atoms with van der Waals surface area (Å²) >= 11 is 0. The summed E-state index contributed by atoms with van der Waals surface area (Å²) in [6.45, 7) is 1.88. The largest absolute Gasteiger partial charge is 0.398 e. The minimum Gasteiger partial charge on any atom is -0.398 e. The molecule has 0 aliphatic carbocycles. The van der Waals surface area contributed by atoms with Gasteiger partial charge >= 0.3 is 0 Å². The Morgan fingerprint density at radius 3 is 2.67 bits per heavy atom. The number of nitrogen functional groups attached to an aromatic ring is 1. The molecule has 0 aliphatic heterocycles. The van der Waals surface area contributed by atoms with Crippen molar-refractivity contribution in [2.45, 2.75) is 13.0 Å². The number of carbonyl (C=O) groups is 1. The van der Waals surface area contributed by atoms with Crippen LogP contribution in [0.2, 0.25) is 0 Å². The fraction of sp³-hybridized carbons (Fsp3) is 0.143. The number of aromatic nitrogens is 1. The molecule has 0 aliphatic rings. The lowest BCUT2D eigenvalue weighted by molar-refractivity contribution is 0.0940. The first kappa shape index (κ1) is 12.1.